The maximum Gasteiger partial charge on any atom is 0.338 e. The molecule has 0 saturated carbocycles. The van der Waals surface area contributed by atoms with Crippen molar-refractivity contribution in [2.24, 2.45) is 0 Å². The zero-order valence-electron chi connectivity index (χ0n) is 11.5. The minimum atomic E-state index is -0.701. The molecule has 1 heterocycles. The number of hydrogen-bond acceptors (Lipinski definition) is 5. The molecule has 0 aliphatic carbocycles. The Morgan fingerprint density at radius 2 is 1.63 bits per heavy atom. The summed E-state index contributed by atoms with van der Waals surface area (Å²) in [5.74, 6) is -1.01. The Kier molecular flexibility index (Phi) is 4.42. The first-order chi connectivity index (χ1) is 9.66. The number of ether oxygens (including phenoxy) is 3. The first kappa shape index (κ1) is 12.2. The Bertz CT molecular complexity index is 449. The summed E-state index contributed by atoms with van der Waals surface area (Å²) in [5, 5.41) is 0. The van der Waals surface area contributed by atoms with Crippen LogP contribution in [0.5, 0.6) is 0 Å². The monoisotopic (exact) mass is 265 g/mol. The second kappa shape index (κ2) is 6.89. The maximum atomic E-state index is 11.8. The van der Waals surface area contributed by atoms with Crippen molar-refractivity contribution in [2.45, 2.75) is 12.8 Å². The molecule has 19 heavy (non-hydrogen) atoms. The molecule has 1 unspecified atom stereocenters. The van der Waals surface area contributed by atoms with Crippen LogP contribution >= 0.6 is 0 Å². The van der Waals surface area contributed by atoms with Gasteiger partial charge in [-0.3, -0.25) is 0 Å². The summed E-state index contributed by atoms with van der Waals surface area (Å²) in [6, 6.07) is 6.21. The lowest BCUT2D eigenvalue weighted by molar-refractivity contribution is 0.0296. The van der Waals surface area contributed by atoms with Crippen LogP contribution in [0.4, 0.5) is 0 Å². The average molecular weight is 265 g/mol. The average Bonchev–Trinajstić information content (AvgIpc) is 2.47. The van der Waals surface area contributed by atoms with E-state index in [4.69, 9.17) is 15.6 Å². The van der Waals surface area contributed by atoms with E-state index in [9.17, 15) is 9.59 Å². The van der Waals surface area contributed by atoms with Gasteiger partial charge in [-0.2, -0.15) is 0 Å². The zero-order chi connectivity index (χ0) is 14.4. The highest BCUT2D eigenvalue weighted by Crippen LogP contribution is 2.09. The number of hydrogen-bond donors (Lipinski definition) is 0. The number of benzene rings is 1. The quantitative estimate of drug-likeness (QED) is 0.669. The molecule has 0 N–H and O–H groups in total. The van der Waals surface area contributed by atoms with E-state index in [2.05, 4.69) is 0 Å². The van der Waals surface area contributed by atoms with Gasteiger partial charge < -0.3 is 14.2 Å². The van der Waals surface area contributed by atoms with Gasteiger partial charge >= 0.3 is 11.9 Å². The summed E-state index contributed by atoms with van der Waals surface area (Å²) in [6.45, 7) is -0.206. The van der Waals surface area contributed by atoms with Crippen molar-refractivity contribution in [3.8, 4) is 0 Å². The van der Waals surface area contributed by atoms with Crippen molar-refractivity contribution >= 4 is 11.9 Å². The first-order valence-electron chi connectivity index (χ1n) is 6.73. The molecule has 2 bridgehead atoms. The van der Waals surface area contributed by atoms with Crippen LogP contribution in [0.15, 0.2) is 24.3 Å². The van der Waals surface area contributed by atoms with Crippen LogP contribution in [-0.4, -0.2) is 38.3 Å². The molecule has 1 aliphatic heterocycles. The number of esters is 2. The maximum absolute atomic E-state index is 11.8. The molecule has 1 atom stereocenters. The van der Waals surface area contributed by atoms with Crippen LogP contribution in [0.2, 0.25) is 0 Å². The Morgan fingerprint density at radius 1 is 0.947 bits per heavy atom. The molecule has 0 amide bonds. The Labute approximate surface area is 112 Å². The third-order valence-corrected chi connectivity index (χ3v) is 2.59. The fourth-order valence-corrected chi connectivity index (χ4v) is 1.62. The molecule has 1 aliphatic rings. The van der Waals surface area contributed by atoms with Crippen LogP contribution in [0.3, 0.4) is 0 Å². The first-order valence-corrected chi connectivity index (χ1v) is 6.15. The van der Waals surface area contributed by atoms with E-state index < -0.39 is 18.5 Å². The smallest absolute Gasteiger partial charge is 0.338 e. The van der Waals surface area contributed by atoms with Gasteiger partial charge in [-0.15, -0.1) is 0 Å². The van der Waals surface area contributed by atoms with E-state index in [1.54, 1.807) is 18.2 Å². The van der Waals surface area contributed by atoms with Crippen LogP contribution in [-0.2, 0) is 14.2 Å². The molecule has 0 radical (unpaired) electrons. The molecule has 0 fully saturated rings. The normalized spacial score (nSPS) is 22.7. The molecule has 2 rings (SSSR count). The summed E-state index contributed by atoms with van der Waals surface area (Å²) in [5.41, 5.74) is 0.606. The van der Waals surface area contributed by atoms with Crippen LogP contribution < -0.4 is 0 Å². The number of cyclic esters (lactones) is 2. The van der Waals surface area contributed by atoms with Gasteiger partial charge in [0.15, 0.2) is 0 Å². The molecular formula is C14H16O5. The Balaban J connectivity index is 2.12. The predicted molar refractivity (Wildman–Crippen MR) is 67.1 cm³/mol. The van der Waals surface area contributed by atoms with Gasteiger partial charge in [0, 0.05) is 6.58 Å². The summed E-state index contributed by atoms with van der Waals surface area (Å²) < 4.78 is 22.8. The lowest BCUT2D eigenvalue weighted by atomic mass is 10.1. The standard InChI is InChI=1S/C14H16O5/c15-13-11-4-3-5-12(10-11)14(16)19-9-8-17-6-1-2-7-18-13/h3-5,10H,1-2,6-9H2/i6D. The van der Waals surface area contributed by atoms with Gasteiger partial charge in [0.1, 0.15) is 6.61 Å². The van der Waals surface area contributed by atoms with Gasteiger partial charge in [0.25, 0.3) is 0 Å². The topological polar surface area (TPSA) is 61.8 Å². The van der Waals surface area contributed by atoms with E-state index in [0.29, 0.717) is 24.0 Å². The highest BCUT2D eigenvalue weighted by molar-refractivity contribution is 5.95. The largest absolute Gasteiger partial charge is 0.462 e. The number of fused-ring (bicyclic) bond motifs is 2. The summed E-state index contributed by atoms with van der Waals surface area (Å²) in [4.78, 5) is 23.5. The highest BCUT2D eigenvalue weighted by Gasteiger charge is 2.12. The number of rotatable bonds is 0. The van der Waals surface area contributed by atoms with E-state index in [0.717, 1.165) is 0 Å². The second-order valence-corrected chi connectivity index (χ2v) is 4.03. The SMILES string of the molecule is [2H]C1CCCOC(=O)c2cccc(c2)C(=O)OCCO1. The van der Waals surface area contributed by atoms with E-state index in [1.165, 1.54) is 6.07 Å². The lowest BCUT2D eigenvalue weighted by Gasteiger charge is -2.09. The van der Waals surface area contributed by atoms with Gasteiger partial charge in [-0.25, -0.2) is 9.59 Å². The number of carbonyl (C=O) groups is 2. The van der Waals surface area contributed by atoms with Crippen LogP contribution in [0.1, 0.15) is 34.9 Å². The highest BCUT2D eigenvalue weighted by atomic mass is 16.6. The van der Waals surface area contributed by atoms with Crippen LogP contribution in [0, 0.1) is 0 Å². The van der Waals surface area contributed by atoms with Crippen molar-refractivity contribution in [3.63, 3.8) is 0 Å². The molecule has 1 aromatic carbocycles. The summed E-state index contributed by atoms with van der Waals surface area (Å²) in [7, 11) is 0. The zero-order valence-corrected chi connectivity index (χ0v) is 10.5. The Morgan fingerprint density at radius 3 is 2.37 bits per heavy atom. The third kappa shape index (κ3) is 4.06. The van der Waals surface area contributed by atoms with E-state index in [1.807, 2.05) is 0 Å². The predicted octanol–water partition coefficient (Wildman–Crippen LogP) is 1.81. The Hall–Kier alpha value is -1.88. The molecule has 0 spiro atoms. The third-order valence-electron chi connectivity index (χ3n) is 2.59. The minimum absolute atomic E-state index is 0.0862. The van der Waals surface area contributed by atoms with E-state index in [-0.39, 0.29) is 19.8 Å². The summed E-state index contributed by atoms with van der Waals surface area (Å²) >= 11 is 0. The second-order valence-electron chi connectivity index (χ2n) is 4.03. The van der Waals surface area contributed by atoms with Gasteiger partial charge in [-0.05, 0) is 31.0 Å². The van der Waals surface area contributed by atoms with Gasteiger partial charge in [0.2, 0.25) is 0 Å². The van der Waals surface area contributed by atoms with E-state index >= 15 is 0 Å². The van der Waals surface area contributed by atoms with Gasteiger partial charge in [-0.1, -0.05) is 6.07 Å². The summed E-state index contributed by atoms with van der Waals surface area (Å²) in [6.07, 6.45) is 1.01. The lowest BCUT2D eigenvalue weighted by Crippen LogP contribution is -2.14. The molecule has 5 nitrogen and oxygen atoms in total. The minimum Gasteiger partial charge on any atom is -0.462 e. The fraction of sp³-hybridized carbons (Fsp3) is 0.429. The van der Waals surface area contributed by atoms with Crippen molar-refractivity contribution < 1.29 is 25.2 Å². The van der Waals surface area contributed by atoms with Crippen molar-refractivity contribution in [1.82, 2.24) is 0 Å². The number of carbonyl (C=O) groups excluding carboxylic acids is 2. The molecule has 5 heteroatoms. The van der Waals surface area contributed by atoms with Crippen molar-refractivity contribution in [3.05, 3.63) is 35.4 Å². The van der Waals surface area contributed by atoms with Crippen LogP contribution in [0.25, 0.3) is 0 Å². The molecule has 0 saturated heterocycles. The molecule has 102 valence electrons. The van der Waals surface area contributed by atoms with Crippen molar-refractivity contribution in [1.29, 1.82) is 0 Å². The van der Waals surface area contributed by atoms with Gasteiger partial charge in [0.05, 0.1) is 25.7 Å². The van der Waals surface area contributed by atoms with Crippen molar-refractivity contribution in [2.75, 3.05) is 26.4 Å². The molecule has 1 aromatic rings. The fourth-order valence-electron chi connectivity index (χ4n) is 1.62. The molecule has 0 aromatic heterocycles. The molecular weight excluding hydrogens is 248 g/mol.